The second kappa shape index (κ2) is 8.85. The number of nitrogens with one attached hydrogen (secondary N) is 3. The molecule has 1 aromatic heterocycles. The van der Waals surface area contributed by atoms with Gasteiger partial charge in [0.2, 0.25) is 5.91 Å². The molecule has 0 spiro atoms. The molecule has 1 aliphatic rings. The molecule has 6 nitrogen and oxygen atoms in total. The Bertz CT molecular complexity index is 720. The lowest BCUT2D eigenvalue weighted by molar-refractivity contribution is -0.118. The maximum absolute atomic E-state index is 12.8. The summed E-state index contributed by atoms with van der Waals surface area (Å²) in [6.07, 6.45) is 6.04. The molecule has 3 N–H and O–H groups in total. The summed E-state index contributed by atoms with van der Waals surface area (Å²) in [5, 5.41) is 13.4. The summed E-state index contributed by atoms with van der Waals surface area (Å²) in [5.41, 5.74) is 4.18. The van der Waals surface area contributed by atoms with Gasteiger partial charge in [0, 0.05) is 42.3 Å². The van der Waals surface area contributed by atoms with Crippen LogP contribution in [0.5, 0.6) is 0 Å². The van der Waals surface area contributed by atoms with Gasteiger partial charge < -0.3 is 15.5 Å². The van der Waals surface area contributed by atoms with Crippen molar-refractivity contribution in [3.63, 3.8) is 0 Å². The number of hydrogen-bond donors (Lipinski definition) is 3. The third-order valence-corrected chi connectivity index (χ3v) is 4.95. The average Bonchev–Trinajstić information content (AvgIpc) is 3.31. The molecular formula is C20H29N5O. The summed E-state index contributed by atoms with van der Waals surface area (Å²) in [5.74, 6) is 0.0200. The number of anilines is 2. The lowest BCUT2D eigenvalue weighted by Gasteiger charge is -2.20. The first-order valence-corrected chi connectivity index (χ1v) is 9.55. The van der Waals surface area contributed by atoms with Crippen LogP contribution in [0.25, 0.3) is 0 Å². The van der Waals surface area contributed by atoms with Crippen LogP contribution in [0.2, 0.25) is 0 Å². The number of aryl methyl sites for hydroxylation is 1. The van der Waals surface area contributed by atoms with Gasteiger partial charge in [-0.3, -0.25) is 9.89 Å². The van der Waals surface area contributed by atoms with Crippen molar-refractivity contribution in [1.29, 1.82) is 0 Å². The van der Waals surface area contributed by atoms with E-state index in [-0.39, 0.29) is 11.9 Å². The van der Waals surface area contributed by atoms with Crippen molar-refractivity contribution in [3.8, 4) is 0 Å². The number of aromatic nitrogens is 2. The minimum Gasteiger partial charge on any atom is -0.371 e. The van der Waals surface area contributed by atoms with Crippen LogP contribution in [0.1, 0.15) is 43.9 Å². The number of nitrogens with zero attached hydrogens (tertiary/aromatic N) is 2. The van der Waals surface area contributed by atoms with E-state index in [0.29, 0.717) is 6.54 Å². The van der Waals surface area contributed by atoms with Gasteiger partial charge in [-0.2, -0.15) is 5.10 Å². The van der Waals surface area contributed by atoms with Gasteiger partial charge in [0.25, 0.3) is 0 Å². The van der Waals surface area contributed by atoms with Gasteiger partial charge in [0.05, 0.1) is 12.2 Å². The van der Waals surface area contributed by atoms with Gasteiger partial charge in [0.15, 0.2) is 0 Å². The number of carbonyl (C=O) groups excluding carboxylic acids is 1. The highest BCUT2D eigenvalue weighted by molar-refractivity contribution is 5.95. The van der Waals surface area contributed by atoms with E-state index >= 15 is 0 Å². The van der Waals surface area contributed by atoms with Crippen LogP contribution in [0.4, 0.5) is 11.4 Å². The van der Waals surface area contributed by atoms with E-state index in [9.17, 15) is 4.79 Å². The fourth-order valence-corrected chi connectivity index (χ4v) is 3.39. The second-order valence-corrected chi connectivity index (χ2v) is 6.98. The van der Waals surface area contributed by atoms with E-state index in [1.807, 2.05) is 25.3 Å². The number of amides is 1. The number of benzene rings is 1. The van der Waals surface area contributed by atoms with Gasteiger partial charge >= 0.3 is 0 Å². The van der Waals surface area contributed by atoms with Crippen LogP contribution in [0.3, 0.4) is 0 Å². The zero-order valence-corrected chi connectivity index (χ0v) is 15.7. The molecule has 1 fully saturated rings. The lowest BCUT2D eigenvalue weighted by atomic mass is 10.1. The molecule has 1 aliphatic heterocycles. The highest BCUT2D eigenvalue weighted by Gasteiger charge is 2.18. The van der Waals surface area contributed by atoms with E-state index in [1.54, 1.807) is 0 Å². The summed E-state index contributed by atoms with van der Waals surface area (Å²) in [6.45, 7) is 6.92. The van der Waals surface area contributed by atoms with Crippen molar-refractivity contribution in [2.24, 2.45) is 0 Å². The van der Waals surface area contributed by atoms with Crippen LogP contribution in [0, 0.1) is 6.92 Å². The summed E-state index contributed by atoms with van der Waals surface area (Å²) >= 11 is 0. The first kappa shape index (κ1) is 18.5. The first-order chi connectivity index (χ1) is 12.7. The fourth-order valence-electron chi connectivity index (χ4n) is 3.39. The molecule has 6 heteroatoms. The Morgan fingerprint density at radius 1 is 1.35 bits per heavy atom. The monoisotopic (exact) mass is 355 g/mol. The van der Waals surface area contributed by atoms with Gasteiger partial charge in [0.1, 0.15) is 0 Å². The predicted molar refractivity (Wildman–Crippen MR) is 105 cm³/mol. The average molecular weight is 355 g/mol. The standard InChI is InChI=1S/C20H29N5O/c1-3-7-19(21-13-16-14-22-24-15(16)2)20(26)23-17-8-6-9-18(12-17)25-10-4-5-11-25/h6,8-9,12,14,19,21H,3-5,7,10-11,13H2,1-2H3,(H,22,24)(H,23,26). The number of aromatic amines is 1. The van der Waals surface area contributed by atoms with E-state index in [0.717, 1.165) is 42.9 Å². The number of H-pyrrole nitrogens is 1. The predicted octanol–water partition coefficient (Wildman–Crippen LogP) is 3.22. The normalized spacial score (nSPS) is 15.2. The Labute approximate surface area is 155 Å². The number of rotatable bonds is 8. The van der Waals surface area contributed by atoms with Crippen LogP contribution < -0.4 is 15.5 Å². The molecule has 0 aliphatic carbocycles. The molecule has 1 amide bonds. The third-order valence-electron chi connectivity index (χ3n) is 4.95. The van der Waals surface area contributed by atoms with Crippen molar-refractivity contribution in [2.75, 3.05) is 23.3 Å². The molecule has 0 saturated carbocycles. The van der Waals surface area contributed by atoms with Crippen molar-refractivity contribution < 1.29 is 4.79 Å². The van der Waals surface area contributed by atoms with Crippen LogP contribution in [-0.2, 0) is 11.3 Å². The van der Waals surface area contributed by atoms with Crippen LogP contribution in [0.15, 0.2) is 30.5 Å². The smallest absolute Gasteiger partial charge is 0.241 e. The van der Waals surface area contributed by atoms with E-state index in [4.69, 9.17) is 0 Å². The Hall–Kier alpha value is -2.34. The number of hydrogen-bond acceptors (Lipinski definition) is 4. The third kappa shape index (κ3) is 4.64. The Morgan fingerprint density at radius 2 is 2.15 bits per heavy atom. The second-order valence-electron chi connectivity index (χ2n) is 6.98. The first-order valence-electron chi connectivity index (χ1n) is 9.55. The van der Waals surface area contributed by atoms with Gasteiger partial charge in [-0.15, -0.1) is 0 Å². The quantitative estimate of drug-likeness (QED) is 0.680. The van der Waals surface area contributed by atoms with E-state index < -0.39 is 0 Å². The minimum absolute atomic E-state index is 0.0200. The summed E-state index contributed by atoms with van der Waals surface area (Å²) in [4.78, 5) is 15.1. The molecule has 140 valence electrons. The molecule has 3 rings (SSSR count). The Morgan fingerprint density at radius 3 is 2.85 bits per heavy atom. The van der Waals surface area contributed by atoms with Crippen LogP contribution in [-0.4, -0.2) is 35.2 Å². The molecule has 1 aromatic carbocycles. The fraction of sp³-hybridized carbons (Fsp3) is 0.500. The van der Waals surface area contributed by atoms with E-state index in [1.165, 1.54) is 18.5 Å². The molecule has 26 heavy (non-hydrogen) atoms. The van der Waals surface area contributed by atoms with Crippen molar-refractivity contribution >= 4 is 17.3 Å². The Kier molecular flexibility index (Phi) is 6.28. The van der Waals surface area contributed by atoms with Gasteiger partial charge in [-0.05, 0) is 44.4 Å². The zero-order valence-electron chi connectivity index (χ0n) is 15.7. The number of carbonyl (C=O) groups is 1. The van der Waals surface area contributed by atoms with Gasteiger partial charge in [-0.1, -0.05) is 19.4 Å². The highest BCUT2D eigenvalue weighted by Crippen LogP contribution is 2.23. The summed E-state index contributed by atoms with van der Waals surface area (Å²) < 4.78 is 0. The maximum Gasteiger partial charge on any atom is 0.241 e. The molecule has 1 unspecified atom stereocenters. The van der Waals surface area contributed by atoms with E-state index in [2.05, 4.69) is 44.8 Å². The summed E-state index contributed by atoms with van der Waals surface area (Å²) in [7, 11) is 0. The van der Waals surface area contributed by atoms with Gasteiger partial charge in [-0.25, -0.2) is 0 Å². The lowest BCUT2D eigenvalue weighted by Crippen LogP contribution is -2.40. The Balaban J connectivity index is 1.62. The molecule has 1 atom stereocenters. The topological polar surface area (TPSA) is 73.0 Å². The molecule has 0 bridgehead atoms. The molecule has 0 radical (unpaired) electrons. The van der Waals surface area contributed by atoms with Crippen molar-refractivity contribution in [1.82, 2.24) is 15.5 Å². The van der Waals surface area contributed by atoms with Crippen molar-refractivity contribution in [3.05, 3.63) is 41.7 Å². The van der Waals surface area contributed by atoms with Crippen molar-refractivity contribution in [2.45, 2.75) is 52.1 Å². The molecule has 2 heterocycles. The largest absolute Gasteiger partial charge is 0.371 e. The minimum atomic E-state index is -0.218. The zero-order chi connectivity index (χ0) is 18.4. The molecule has 2 aromatic rings. The van der Waals surface area contributed by atoms with Crippen LogP contribution >= 0.6 is 0 Å². The molecule has 1 saturated heterocycles. The highest BCUT2D eigenvalue weighted by atomic mass is 16.2. The SMILES string of the molecule is CCCC(NCc1cn[nH]c1C)C(=O)Nc1cccc(N2CCCC2)c1. The summed E-state index contributed by atoms with van der Waals surface area (Å²) in [6, 6.07) is 7.95. The maximum atomic E-state index is 12.8. The molecular weight excluding hydrogens is 326 g/mol.